The summed E-state index contributed by atoms with van der Waals surface area (Å²) < 4.78 is 0. The highest BCUT2D eigenvalue weighted by atomic mass is 32.2. The number of para-hydroxylation sites is 1. The Hall–Kier alpha value is -2.77. The van der Waals surface area contributed by atoms with Crippen LogP contribution >= 0.6 is 11.8 Å². The van der Waals surface area contributed by atoms with E-state index in [1.165, 1.54) is 0 Å². The lowest BCUT2D eigenvalue weighted by atomic mass is 9.72. The molecule has 0 spiro atoms. The molecule has 2 N–H and O–H groups in total. The molecular formula is C23H28N4O2S. The third kappa shape index (κ3) is 4.68. The minimum atomic E-state index is -0.947. The van der Waals surface area contributed by atoms with Gasteiger partial charge in [0.05, 0.1) is 28.5 Å². The number of carbonyl (C=O) groups is 2. The number of hydrogen-bond donors (Lipinski definition) is 2. The van der Waals surface area contributed by atoms with Crippen molar-refractivity contribution in [3.8, 4) is 12.1 Å². The molecule has 0 unspecified atom stereocenters. The molecule has 30 heavy (non-hydrogen) atoms. The zero-order valence-electron chi connectivity index (χ0n) is 18.3. The molecule has 0 aromatic heterocycles. The van der Waals surface area contributed by atoms with Gasteiger partial charge in [0, 0.05) is 11.1 Å². The van der Waals surface area contributed by atoms with E-state index in [1.54, 1.807) is 13.8 Å². The summed E-state index contributed by atoms with van der Waals surface area (Å²) in [6.07, 6.45) is 0. The molecule has 1 atom stereocenters. The van der Waals surface area contributed by atoms with E-state index in [4.69, 9.17) is 0 Å². The minimum Gasteiger partial charge on any atom is -0.325 e. The molecule has 1 aliphatic heterocycles. The van der Waals surface area contributed by atoms with Crippen LogP contribution in [0.3, 0.4) is 0 Å². The molecule has 0 radical (unpaired) electrons. The first-order valence-corrected chi connectivity index (χ1v) is 10.9. The van der Waals surface area contributed by atoms with Gasteiger partial charge < -0.3 is 10.6 Å². The Morgan fingerprint density at radius 2 is 1.77 bits per heavy atom. The third-order valence-electron chi connectivity index (χ3n) is 5.32. The van der Waals surface area contributed by atoms with Gasteiger partial charge in [-0.15, -0.1) is 0 Å². The molecule has 158 valence electrons. The van der Waals surface area contributed by atoms with Crippen LogP contribution in [0.5, 0.6) is 0 Å². The predicted molar refractivity (Wildman–Crippen MR) is 119 cm³/mol. The van der Waals surface area contributed by atoms with Gasteiger partial charge in [-0.25, -0.2) is 0 Å². The maximum absolute atomic E-state index is 12.8. The van der Waals surface area contributed by atoms with Gasteiger partial charge in [-0.1, -0.05) is 71.5 Å². The fourth-order valence-electron chi connectivity index (χ4n) is 3.54. The van der Waals surface area contributed by atoms with Crippen LogP contribution in [0.15, 0.2) is 28.8 Å². The smallest absolute Gasteiger partial charge is 0.243 e. The number of nitrogens with one attached hydrogen (secondary N) is 2. The third-order valence-corrected chi connectivity index (χ3v) is 6.32. The van der Waals surface area contributed by atoms with Crippen LogP contribution in [0, 0.1) is 34.0 Å². The average Bonchev–Trinajstić information content (AvgIpc) is 2.65. The van der Waals surface area contributed by atoms with E-state index in [9.17, 15) is 20.1 Å². The van der Waals surface area contributed by atoms with Gasteiger partial charge in [0.25, 0.3) is 0 Å². The largest absolute Gasteiger partial charge is 0.325 e. The normalized spacial score (nSPS) is 18.1. The van der Waals surface area contributed by atoms with E-state index in [0.717, 1.165) is 28.6 Å². The molecule has 1 aromatic carbocycles. The summed E-state index contributed by atoms with van der Waals surface area (Å²) >= 11 is 1.11. The average molecular weight is 425 g/mol. The van der Waals surface area contributed by atoms with Crippen molar-refractivity contribution in [3.05, 3.63) is 39.9 Å². The molecule has 0 aliphatic carbocycles. The Morgan fingerprint density at radius 1 is 1.20 bits per heavy atom. The summed E-state index contributed by atoms with van der Waals surface area (Å²) in [4.78, 5) is 25.1. The summed E-state index contributed by atoms with van der Waals surface area (Å²) in [5.74, 6) is -1.07. The Balaban J connectivity index is 2.25. The van der Waals surface area contributed by atoms with Crippen LogP contribution in [0.4, 0.5) is 5.69 Å². The van der Waals surface area contributed by atoms with E-state index < -0.39 is 17.2 Å². The van der Waals surface area contributed by atoms with E-state index in [1.807, 2.05) is 24.3 Å². The van der Waals surface area contributed by atoms with Crippen molar-refractivity contribution >= 4 is 29.3 Å². The number of anilines is 1. The van der Waals surface area contributed by atoms with Gasteiger partial charge in [-0.05, 0) is 23.0 Å². The highest BCUT2D eigenvalue weighted by Gasteiger charge is 2.44. The fraction of sp³-hybridized carbons (Fsp3) is 0.478. The number of allylic oxidation sites excluding steroid dienone is 1. The second kappa shape index (κ2) is 9.36. The van der Waals surface area contributed by atoms with Crippen LogP contribution in [0.25, 0.3) is 0 Å². The quantitative estimate of drug-likeness (QED) is 0.692. The molecule has 0 saturated heterocycles. The van der Waals surface area contributed by atoms with Gasteiger partial charge in [0.1, 0.15) is 5.92 Å². The van der Waals surface area contributed by atoms with Crippen molar-refractivity contribution in [3.63, 3.8) is 0 Å². The fourth-order valence-corrected chi connectivity index (χ4v) is 4.52. The second-order valence-corrected chi connectivity index (χ2v) is 9.53. The molecule has 1 heterocycles. The summed E-state index contributed by atoms with van der Waals surface area (Å²) in [5.41, 5.74) is 2.37. The van der Waals surface area contributed by atoms with Gasteiger partial charge >= 0.3 is 0 Å². The first kappa shape index (κ1) is 23.5. The predicted octanol–water partition coefficient (Wildman–Crippen LogP) is 4.64. The lowest BCUT2D eigenvalue weighted by molar-refractivity contribution is -0.125. The minimum absolute atomic E-state index is 0.0397. The Morgan fingerprint density at radius 3 is 2.23 bits per heavy atom. The van der Waals surface area contributed by atoms with Crippen LogP contribution in [0.1, 0.15) is 64.5 Å². The molecule has 2 rings (SSSR count). The van der Waals surface area contributed by atoms with Gasteiger partial charge in [-0.3, -0.25) is 9.59 Å². The number of nitriles is 2. The summed E-state index contributed by atoms with van der Waals surface area (Å²) in [6, 6.07) is 10.1. The first-order valence-electron chi connectivity index (χ1n) is 9.95. The number of nitrogens with zero attached hydrogens (tertiary/aromatic N) is 2. The molecule has 1 aromatic rings. The maximum atomic E-state index is 12.8. The van der Waals surface area contributed by atoms with Crippen LogP contribution in [-0.2, 0) is 9.59 Å². The number of hydrogen-bond acceptors (Lipinski definition) is 5. The zero-order valence-corrected chi connectivity index (χ0v) is 19.1. The van der Waals surface area contributed by atoms with Gasteiger partial charge in [0.2, 0.25) is 11.8 Å². The molecule has 0 bridgehead atoms. The number of thioether (sulfide) groups is 1. The number of benzene rings is 1. The number of carbonyl (C=O) groups excluding carboxylic acids is 2. The number of rotatable bonds is 6. The van der Waals surface area contributed by atoms with Crippen molar-refractivity contribution in [2.24, 2.45) is 11.3 Å². The molecular weight excluding hydrogens is 396 g/mol. The maximum Gasteiger partial charge on any atom is 0.243 e. The van der Waals surface area contributed by atoms with Gasteiger partial charge in [0.15, 0.2) is 0 Å². The van der Waals surface area contributed by atoms with E-state index in [2.05, 4.69) is 44.4 Å². The van der Waals surface area contributed by atoms with E-state index in [-0.39, 0.29) is 23.5 Å². The lowest BCUT2D eigenvalue weighted by Gasteiger charge is -2.34. The Kier molecular flexibility index (Phi) is 7.34. The van der Waals surface area contributed by atoms with Crippen molar-refractivity contribution in [1.29, 1.82) is 10.5 Å². The standard InChI is InChI=1S/C23H28N4O2S/c1-13(2)15-8-7-9-16(14(3)4)20(15)26-19(28)12-30-22-18(11-25)23(5,6)17(10-24)21(29)27-22/h7-9,13-14,17H,12H2,1-6H3,(H,26,28)(H,27,29)/t17-/m1/s1. The Bertz CT molecular complexity index is 938. The monoisotopic (exact) mass is 424 g/mol. The van der Waals surface area contributed by atoms with Crippen molar-refractivity contribution in [2.45, 2.75) is 53.4 Å². The highest BCUT2D eigenvalue weighted by Crippen LogP contribution is 2.42. The topological polar surface area (TPSA) is 106 Å². The molecule has 0 saturated carbocycles. The molecule has 6 nitrogen and oxygen atoms in total. The molecule has 1 aliphatic rings. The van der Waals surface area contributed by atoms with Crippen LogP contribution < -0.4 is 10.6 Å². The Labute approximate surface area is 182 Å². The van der Waals surface area contributed by atoms with E-state index >= 15 is 0 Å². The molecule has 2 amide bonds. The number of amides is 2. The second-order valence-electron chi connectivity index (χ2n) is 8.55. The zero-order chi connectivity index (χ0) is 22.6. The van der Waals surface area contributed by atoms with Crippen LogP contribution in [-0.4, -0.2) is 17.6 Å². The highest BCUT2D eigenvalue weighted by molar-refractivity contribution is 8.03. The van der Waals surface area contributed by atoms with Crippen molar-refractivity contribution in [1.82, 2.24) is 5.32 Å². The SMILES string of the molecule is CC(C)c1cccc(C(C)C)c1NC(=O)CSC1=C(C#N)C(C)(C)[C@H](C#N)C(=O)N1. The summed E-state index contributed by atoms with van der Waals surface area (Å²) in [7, 11) is 0. The lowest BCUT2D eigenvalue weighted by Crippen LogP contribution is -2.44. The molecule has 0 fully saturated rings. The summed E-state index contributed by atoms with van der Waals surface area (Å²) in [6.45, 7) is 11.7. The van der Waals surface area contributed by atoms with Crippen molar-refractivity contribution < 1.29 is 9.59 Å². The van der Waals surface area contributed by atoms with Gasteiger partial charge in [-0.2, -0.15) is 10.5 Å². The first-order chi connectivity index (χ1) is 14.0. The van der Waals surface area contributed by atoms with E-state index in [0.29, 0.717) is 10.6 Å². The molecule has 7 heteroatoms. The summed E-state index contributed by atoms with van der Waals surface area (Å²) in [5, 5.41) is 24.9. The van der Waals surface area contributed by atoms with Crippen molar-refractivity contribution in [2.75, 3.05) is 11.1 Å². The van der Waals surface area contributed by atoms with Crippen LogP contribution in [0.2, 0.25) is 0 Å².